The fourth-order valence-electron chi connectivity index (χ4n) is 1.44. The SMILES string of the molecule is COc1nc(-c2cccc(F)c2)ncc1C(=O)O. The summed E-state index contributed by atoms with van der Waals surface area (Å²) in [6, 6.07) is 5.70. The van der Waals surface area contributed by atoms with Crippen molar-refractivity contribution in [1.82, 2.24) is 9.97 Å². The molecule has 92 valence electrons. The molecular weight excluding hydrogens is 239 g/mol. The first-order chi connectivity index (χ1) is 8.61. The highest BCUT2D eigenvalue weighted by molar-refractivity contribution is 5.90. The molecule has 0 saturated heterocycles. The predicted octanol–water partition coefficient (Wildman–Crippen LogP) is 1.99. The molecule has 1 aromatic carbocycles. The second kappa shape index (κ2) is 4.79. The summed E-state index contributed by atoms with van der Waals surface area (Å²) in [5.74, 6) is -1.46. The topological polar surface area (TPSA) is 72.3 Å². The quantitative estimate of drug-likeness (QED) is 0.899. The van der Waals surface area contributed by atoms with Crippen LogP contribution in [0.2, 0.25) is 0 Å². The Bertz CT molecular complexity index is 602. The molecule has 0 unspecified atom stereocenters. The molecule has 0 saturated carbocycles. The highest BCUT2D eigenvalue weighted by Crippen LogP contribution is 2.21. The third kappa shape index (κ3) is 2.27. The fourth-order valence-corrected chi connectivity index (χ4v) is 1.44. The normalized spacial score (nSPS) is 10.1. The predicted molar refractivity (Wildman–Crippen MR) is 60.9 cm³/mol. The van der Waals surface area contributed by atoms with Gasteiger partial charge in [0, 0.05) is 11.8 Å². The number of hydrogen-bond acceptors (Lipinski definition) is 4. The highest BCUT2D eigenvalue weighted by Gasteiger charge is 2.15. The summed E-state index contributed by atoms with van der Waals surface area (Å²) in [5, 5.41) is 8.88. The number of halogens is 1. The largest absolute Gasteiger partial charge is 0.480 e. The zero-order valence-electron chi connectivity index (χ0n) is 9.42. The lowest BCUT2D eigenvalue weighted by Crippen LogP contribution is -2.04. The summed E-state index contributed by atoms with van der Waals surface area (Å²) >= 11 is 0. The van der Waals surface area contributed by atoms with Gasteiger partial charge in [-0.1, -0.05) is 12.1 Å². The van der Waals surface area contributed by atoms with Crippen molar-refractivity contribution in [3.8, 4) is 17.3 Å². The summed E-state index contributed by atoms with van der Waals surface area (Å²) in [5.41, 5.74) is 0.308. The van der Waals surface area contributed by atoms with E-state index in [-0.39, 0.29) is 17.3 Å². The Balaban J connectivity index is 2.51. The van der Waals surface area contributed by atoms with Crippen molar-refractivity contribution in [3.63, 3.8) is 0 Å². The molecule has 1 aromatic heterocycles. The smallest absolute Gasteiger partial charge is 0.342 e. The molecule has 0 bridgehead atoms. The average Bonchev–Trinajstić information content (AvgIpc) is 2.37. The van der Waals surface area contributed by atoms with Gasteiger partial charge in [-0.2, -0.15) is 4.98 Å². The number of ether oxygens (including phenoxy) is 1. The first kappa shape index (κ1) is 12.0. The minimum Gasteiger partial charge on any atom is -0.480 e. The number of carboxylic acid groups (broad SMARTS) is 1. The minimum absolute atomic E-state index is 0.0586. The Labute approximate surface area is 102 Å². The van der Waals surface area contributed by atoms with Gasteiger partial charge in [-0.25, -0.2) is 14.2 Å². The first-order valence-electron chi connectivity index (χ1n) is 5.02. The van der Waals surface area contributed by atoms with E-state index >= 15 is 0 Å². The van der Waals surface area contributed by atoms with Gasteiger partial charge in [0.05, 0.1) is 7.11 Å². The molecule has 0 aliphatic heterocycles. The molecule has 6 heteroatoms. The molecular formula is C12H9FN2O3. The molecule has 1 heterocycles. The van der Waals surface area contributed by atoms with Crippen LogP contribution in [0.4, 0.5) is 4.39 Å². The van der Waals surface area contributed by atoms with Crippen molar-refractivity contribution in [2.45, 2.75) is 0 Å². The summed E-state index contributed by atoms with van der Waals surface area (Å²) in [4.78, 5) is 18.7. The van der Waals surface area contributed by atoms with Crippen molar-refractivity contribution in [2.24, 2.45) is 0 Å². The number of aromatic nitrogens is 2. The molecule has 2 rings (SSSR count). The highest BCUT2D eigenvalue weighted by atomic mass is 19.1. The zero-order chi connectivity index (χ0) is 13.1. The molecule has 0 spiro atoms. The van der Waals surface area contributed by atoms with Gasteiger partial charge in [-0.05, 0) is 12.1 Å². The van der Waals surface area contributed by atoms with Gasteiger partial charge in [0.25, 0.3) is 0 Å². The van der Waals surface area contributed by atoms with Crippen LogP contribution >= 0.6 is 0 Å². The van der Waals surface area contributed by atoms with E-state index in [4.69, 9.17) is 9.84 Å². The van der Waals surface area contributed by atoms with Crippen molar-refractivity contribution in [3.05, 3.63) is 41.8 Å². The van der Waals surface area contributed by atoms with Crippen LogP contribution in [-0.4, -0.2) is 28.2 Å². The molecule has 0 radical (unpaired) electrons. The lowest BCUT2D eigenvalue weighted by molar-refractivity contribution is 0.0692. The number of aromatic carboxylic acids is 1. The maximum Gasteiger partial charge on any atom is 0.342 e. The molecule has 0 fully saturated rings. The Kier molecular flexibility index (Phi) is 3.18. The first-order valence-corrected chi connectivity index (χ1v) is 5.02. The Morgan fingerprint density at radius 3 is 2.83 bits per heavy atom. The van der Waals surface area contributed by atoms with Crippen molar-refractivity contribution < 1.29 is 19.0 Å². The Morgan fingerprint density at radius 1 is 1.44 bits per heavy atom. The number of methoxy groups -OCH3 is 1. The van der Waals surface area contributed by atoms with Gasteiger partial charge < -0.3 is 9.84 Å². The molecule has 18 heavy (non-hydrogen) atoms. The van der Waals surface area contributed by atoms with Crippen LogP contribution in [0, 0.1) is 5.82 Å². The van der Waals surface area contributed by atoms with Gasteiger partial charge in [0.2, 0.25) is 5.88 Å². The third-order valence-corrected chi connectivity index (χ3v) is 2.26. The van der Waals surface area contributed by atoms with E-state index in [2.05, 4.69) is 9.97 Å². The molecule has 0 atom stereocenters. The number of rotatable bonds is 3. The van der Waals surface area contributed by atoms with Gasteiger partial charge in [-0.3, -0.25) is 0 Å². The van der Waals surface area contributed by atoms with Crippen LogP contribution in [0.1, 0.15) is 10.4 Å². The van der Waals surface area contributed by atoms with E-state index in [9.17, 15) is 9.18 Å². The fraction of sp³-hybridized carbons (Fsp3) is 0.0833. The maximum atomic E-state index is 13.1. The second-order valence-corrected chi connectivity index (χ2v) is 3.43. The van der Waals surface area contributed by atoms with Crippen LogP contribution < -0.4 is 4.74 Å². The van der Waals surface area contributed by atoms with Crippen molar-refractivity contribution in [2.75, 3.05) is 7.11 Å². The van der Waals surface area contributed by atoms with Crippen LogP contribution in [0.25, 0.3) is 11.4 Å². The molecule has 0 aliphatic carbocycles. The van der Waals surface area contributed by atoms with Crippen LogP contribution in [-0.2, 0) is 0 Å². The maximum absolute atomic E-state index is 13.1. The molecule has 0 amide bonds. The average molecular weight is 248 g/mol. The summed E-state index contributed by atoms with van der Waals surface area (Å²) < 4.78 is 17.9. The van der Waals surface area contributed by atoms with E-state index in [0.717, 1.165) is 6.20 Å². The molecule has 5 nitrogen and oxygen atoms in total. The Hall–Kier alpha value is -2.50. The standard InChI is InChI=1S/C12H9FN2O3/c1-18-11-9(12(16)17)6-14-10(15-11)7-3-2-4-8(13)5-7/h2-6H,1H3,(H,16,17). The van der Waals surface area contributed by atoms with E-state index in [1.807, 2.05) is 0 Å². The van der Waals surface area contributed by atoms with Crippen LogP contribution in [0.5, 0.6) is 5.88 Å². The molecule has 1 N–H and O–H groups in total. The van der Waals surface area contributed by atoms with E-state index in [1.165, 1.54) is 25.3 Å². The zero-order valence-corrected chi connectivity index (χ0v) is 9.42. The number of benzene rings is 1. The summed E-state index contributed by atoms with van der Waals surface area (Å²) in [6.07, 6.45) is 1.13. The lowest BCUT2D eigenvalue weighted by atomic mass is 10.2. The summed E-state index contributed by atoms with van der Waals surface area (Å²) in [7, 11) is 1.31. The van der Waals surface area contributed by atoms with Gasteiger partial charge >= 0.3 is 5.97 Å². The van der Waals surface area contributed by atoms with Gasteiger partial charge in [-0.15, -0.1) is 0 Å². The number of hydrogen-bond donors (Lipinski definition) is 1. The third-order valence-electron chi connectivity index (χ3n) is 2.26. The molecule has 0 aliphatic rings. The van der Waals surface area contributed by atoms with Crippen molar-refractivity contribution in [1.29, 1.82) is 0 Å². The van der Waals surface area contributed by atoms with Crippen LogP contribution in [0.3, 0.4) is 0 Å². The van der Waals surface area contributed by atoms with E-state index in [0.29, 0.717) is 5.56 Å². The van der Waals surface area contributed by atoms with Crippen molar-refractivity contribution >= 4 is 5.97 Å². The molecule has 2 aromatic rings. The van der Waals surface area contributed by atoms with Gasteiger partial charge in [0.15, 0.2) is 5.82 Å². The second-order valence-electron chi connectivity index (χ2n) is 3.43. The lowest BCUT2D eigenvalue weighted by Gasteiger charge is -2.05. The minimum atomic E-state index is -1.18. The van der Waals surface area contributed by atoms with E-state index < -0.39 is 11.8 Å². The number of carboxylic acids is 1. The number of nitrogens with zero attached hydrogens (tertiary/aromatic N) is 2. The van der Waals surface area contributed by atoms with E-state index in [1.54, 1.807) is 6.07 Å². The Morgan fingerprint density at radius 2 is 2.22 bits per heavy atom. The monoisotopic (exact) mass is 248 g/mol. The summed E-state index contributed by atoms with van der Waals surface area (Å²) in [6.45, 7) is 0. The van der Waals surface area contributed by atoms with Crippen LogP contribution in [0.15, 0.2) is 30.5 Å². The number of carbonyl (C=O) groups is 1. The van der Waals surface area contributed by atoms with Gasteiger partial charge in [0.1, 0.15) is 11.4 Å².